The molecule has 0 N–H and O–H groups in total. The Morgan fingerprint density at radius 1 is 0.366 bits per heavy atom. The molecule has 11 aromatic heterocycles. The molecule has 0 amide bonds. The first-order valence-electron chi connectivity index (χ1n) is 45.7. The number of pyridine rings is 7. The molecule has 0 atom stereocenters. The van der Waals surface area contributed by atoms with E-state index in [4.69, 9.17) is 23.6 Å². The maximum absolute atomic E-state index is 5.87. The molecule has 145 heavy (non-hydrogen) atoms. The van der Waals surface area contributed by atoms with Crippen molar-refractivity contribution in [3.8, 4) is 157 Å². The predicted molar refractivity (Wildman–Crippen MR) is 571 cm³/mol. The molecule has 0 saturated carbocycles. The second-order valence-electron chi connectivity index (χ2n) is 33.3. The van der Waals surface area contributed by atoms with Gasteiger partial charge in [0, 0.05) is 67.6 Å². The number of ether oxygens (including phenoxy) is 3. The summed E-state index contributed by atoms with van der Waals surface area (Å²) in [5, 5.41) is 5.14. The van der Waals surface area contributed by atoms with Crippen molar-refractivity contribution in [2.45, 2.75) is 13.8 Å². The van der Waals surface area contributed by atoms with Gasteiger partial charge in [0.1, 0.15) is 43.3 Å². The maximum atomic E-state index is 5.87. The Kier molecular flexibility index (Phi) is 36.7. The minimum absolute atomic E-state index is 0.284. The summed E-state index contributed by atoms with van der Waals surface area (Å²) in [6.07, 6.45) is 22.2. The number of hydrogen-bond acceptors (Lipinski definition) is 9. The van der Waals surface area contributed by atoms with Gasteiger partial charge in [-0.25, -0.2) is 24.5 Å². The van der Waals surface area contributed by atoms with Gasteiger partial charge in [-0.2, -0.15) is 11.3 Å². The van der Waals surface area contributed by atoms with E-state index in [0.717, 1.165) is 89.4 Å². The molecule has 22 aromatic rings. The molecule has 15 nitrogen and oxygen atoms in total. The number of aryl methyl sites for hydroxylation is 7. The fourth-order valence-electron chi connectivity index (χ4n) is 17.2. The van der Waals surface area contributed by atoms with Gasteiger partial charge in [-0.05, 0) is 204 Å². The van der Waals surface area contributed by atoms with E-state index in [9.17, 15) is 0 Å². The first-order chi connectivity index (χ1) is 71.3. The van der Waals surface area contributed by atoms with Crippen LogP contribution in [0.25, 0.3) is 162 Å². The molecule has 0 bridgehead atoms. The van der Waals surface area contributed by atoms with Gasteiger partial charge < -0.3 is 27.8 Å². The summed E-state index contributed by atoms with van der Waals surface area (Å²) in [4.78, 5) is 17.6. The summed E-state index contributed by atoms with van der Waals surface area (Å²) in [5.41, 5.74) is 32.9. The predicted octanol–water partition coefficient (Wildman–Crippen LogP) is 29.1. The van der Waals surface area contributed by atoms with Crippen molar-refractivity contribution in [2.75, 3.05) is 0 Å². The number of nitrogens with zero attached hydrogens (tertiary/aromatic N) is 11. The second-order valence-corrected chi connectivity index (χ2v) is 34.2. The fraction of sp³-hybridized carbons (Fsp3) is 0.0579. The quantitative estimate of drug-likeness (QED) is 0.0473. The van der Waals surface area contributed by atoms with Gasteiger partial charge in [-0.1, -0.05) is 283 Å². The Morgan fingerprint density at radius 3 is 1.29 bits per heavy atom. The van der Waals surface area contributed by atoms with Crippen molar-refractivity contribution in [3.05, 3.63) is 484 Å². The number of hydrogen-bond donors (Lipinski definition) is 0. The van der Waals surface area contributed by atoms with Crippen molar-refractivity contribution >= 4 is 82.3 Å². The van der Waals surface area contributed by atoms with E-state index in [-0.39, 0.29) is 5.95 Å². The van der Waals surface area contributed by atoms with Gasteiger partial charge in [0.05, 0.1) is 36.2 Å². The van der Waals surface area contributed by atoms with E-state index < -0.39 is 0 Å². The number of fused-ring (bicyclic) bond motifs is 4. The first-order valence-corrected chi connectivity index (χ1v) is 54.5. The molecule has 726 valence electrons. The third-order valence-corrected chi connectivity index (χ3v) is 25.0. The van der Waals surface area contributed by atoms with Gasteiger partial charge in [0.25, 0.3) is 0 Å². The summed E-state index contributed by atoms with van der Waals surface area (Å²) in [6.45, 7) is 4.38. The molecule has 0 radical (unpaired) electrons. The molecule has 0 unspecified atom stereocenters. The monoisotopic (exact) mass is 2360 g/mol. The van der Waals surface area contributed by atoms with Crippen molar-refractivity contribution < 1.29 is 105 Å². The van der Waals surface area contributed by atoms with Gasteiger partial charge in [-0.3, -0.25) is 18.3 Å². The standard InChI is InChI=1S/C38H28N4.C29H24N2OS.C27H21N3O.C27H20N2O2.4ClH.4Pd/c1-40-23-22-29(28-18-16-27(17-19-28)26-10-4-3-5-11-26)24-36(40)30-20-21-32-31-12-6-8-14-34(31)42(37(32)25-30)38-39-33-13-7-9-15-35(33)41(38)2;1-20-15-24(22-9-5-4-6-10-22)16-21(2)29(20)23-12-14-31(3)26(17-23)25-18-28(33-19-25)32-27-11-7-8-13-30-27;1-29-17-14-24(23-12-10-22(11-13-23)21-7-3-2-4-8-21)19-27(29)30-18-15-25(20-30)31-26-9-5-6-16-28-26;1-29-16-14-23(22-12-10-21(11-13-22)20-7-3-2-4-8-20)17-25(29)24-18-27(30-19-24)31-26-9-5-6-15-28-26;;;;;;;;/h3-24H,1-2H3;4-17,19H,1-3H3;2-19H,1H3;2-17,19H,1H3;4*1H;;;;/q;;;;;;;;4*+2/p-4. The van der Waals surface area contributed by atoms with Crippen LogP contribution in [0.15, 0.2) is 448 Å². The van der Waals surface area contributed by atoms with Crippen LogP contribution in [0.1, 0.15) is 11.1 Å². The van der Waals surface area contributed by atoms with Crippen molar-refractivity contribution in [1.82, 2.24) is 38.2 Å². The molecule has 0 spiro atoms. The summed E-state index contributed by atoms with van der Waals surface area (Å²) in [7, 11) is 28.2. The molecular formula is C121H93Cl4N11O4Pd4S+4. The van der Waals surface area contributed by atoms with Gasteiger partial charge in [-0.15, -0.1) is 35.2 Å². The second kappa shape index (κ2) is 51.1. The Morgan fingerprint density at radius 2 is 0.786 bits per heavy atom. The van der Waals surface area contributed by atoms with E-state index in [2.05, 4.69) is 529 Å². The van der Waals surface area contributed by atoms with Crippen LogP contribution < -0.4 is 38.0 Å². The number of rotatable bonds is 18. The first kappa shape index (κ1) is 104. The van der Waals surface area contributed by atoms with Gasteiger partial charge in [0.15, 0.2) is 18.6 Å². The Balaban J connectivity index is 0.000000136. The Hall–Kier alpha value is -13.8. The average Bonchev–Trinajstić information content (AvgIpc) is 1.57. The van der Waals surface area contributed by atoms with Crippen LogP contribution >= 0.6 is 49.5 Å². The number of imidazole rings is 1. The molecule has 23 rings (SSSR count). The van der Waals surface area contributed by atoms with Crippen molar-refractivity contribution in [3.63, 3.8) is 0 Å². The normalized spacial score (nSPS) is 11.4. The van der Waals surface area contributed by atoms with E-state index in [1.165, 1.54) is 100 Å². The number of furan rings is 1. The third-order valence-electron chi connectivity index (χ3n) is 24.3. The Labute approximate surface area is 907 Å². The molecule has 0 aliphatic carbocycles. The van der Waals surface area contributed by atoms with Crippen LogP contribution in [-0.4, -0.2) is 33.6 Å². The van der Waals surface area contributed by atoms with Crippen molar-refractivity contribution in [1.29, 1.82) is 0 Å². The summed E-state index contributed by atoms with van der Waals surface area (Å²) < 4.78 is 37.6. The number of thiophene rings is 1. The summed E-state index contributed by atoms with van der Waals surface area (Å²) >= 11 is 10.4. The van der Waals surface area contributed by atoms with E-state index in [1.807, 2.05) is 108 Å². The van der Waals surface area contributed by atoms with Crippen LogP contribution in [-0.2, 0) is 108 Å². The minimum atomic E-state index is 0.284. The third kappa shape index (κ3) is 25.4. The molecule has 1 aliphatic rings. The van der Waals surface area contributed by atoms with Crippen LogP contribution in [0, 0.1) is 38.2 Å². The van der Waals surface area contributed by atoms with Gasteiger partial charge >= 0.3 is 111 Å². The molecule has 11 aromatic carbocycles. The molecule has 1 aliphatic heterocycles. The molecular weight excluding hydrogens is 2270 g/mol. The summed E-state index contributed by atoms with van der Waals surface area (Å²) in [5.74, 6) is 3.38. The number of halogens is 4. The van der Waals surface area contributed by atoms with Crippen LogP contribution in [0.2, 0.25) is 0 Å². The number of allylic oxidation sites excluding steroid dienone is 1. The van der Waals surface area contributed by atoms with Crippen LogP contribution in [0.5, 0.6) is 28.6 Å². The molecule has 0 saturated heterocycles. The van der Waals surface area contributed by atoms with Crippen LogP contribution in [0.4, 0.5) is 0 Å². The van der Waals surface area contributed by atoms with Crippen LogP contribution in [0.3, 0.4) is 0 Å². The zero-order valence-corrected chi connectivity index (χ0v) is 89.4. The van der Waals surface area contributed by atoms with Gasteiger partial charge in [0.2, 0.25) is 35.0 Å². The number of para-hydroxylation sites is 3. The molecule has 24 heteroatoms. The zero-order chi connectivity index (χ0) is 101. The van der Waals surface area contributed by atoms with E-state index in [0.29, 0.717) is 28.5 Å². The molecule has 12 heterocycles. The summed E-state index contributed by atoms with van der Waals surface area (Å²) in [6, 6.07) is 138. The van der Waals surface area contributed by atoms with Crippen molar-refractivity contribution in [2.24, 2.45) is 35.2 Å². The topological polar surface area (TPSA) is 122 Å². The van der Waals surface area contributed by atoms with E-state index in [1.54, 1.807) is 30.9 Å². The van der Waals surface area contributed by atoms with E-state index >= 15 is 0 Å². The zero-order valence-electron chi connectivity index (χ0n) is 79.3. The number of aromatic nitrogens is 10. The Bertz CT molecular complexity index is 8240. The fourth-order valence-corrected chi connectivity index (χ4v) is 17.9. The number of benzene rings is 11. The average molecular weight is 2360 g/mol. The molecule has 0 fully saturated rings. The SMILES string of the molecule is C[n+]1ccc(-c2ccc(-c3ccccc3)cc2)cc1-c1[c-]c(Oc2ccccn2)oc1.Cc1cc(-c2ccccc2)cc(C)c1-c1cc[n+](C)c(-c2[c-]c(Oc3ccccn3)sc2)c1.Cn1c(-n2c3[c-]c(-c4cc(-c5ccc(-c6ccccc6)cc5)cc[n+]4C)ccc3c3ccccc32)nc2ccccc21.Cn1ccc(-c2ccc(-c3ccccc3)cc2)cc1=[N+]1[C-]=C(Oc2ccccn2)C=C1.[Cl][Pd+].[Cl][Pd+].[Cl][Pd+].[Cl][Pd+].